The van der Waals surface area contributed by atoms with E-state index >= 15 is 0 Å². The van der Waals surface area contributed by atoms with Gasteiger partial charge < -0.3 is 9.47 Å². The molecule has 9 heteroatoms. The molecule has 2 aromatic carbocycles. The van der Waals surface area contributed by atoms with Crippen molar-refractivity contribution in [2.45, 2.75) is 4.90 Å². The van der Waals surface area contributed by atoms with Crippen LogP contribution in [-0.2, 0) is 10.0 Å². The molecule has 128 valence electrons. The van der Waals surface area contributed by atoms with Crippen molar-refractivity contribution in [1.82, 2.24) is 4.83 Å². The maximum Gasteiger partial charge on any atom is 0.276 e. The molecular weight excluding hydrogens is 420 g/mol. The summed E-state index contributed by atoms with van der Waals surface area (Å²) in [4.78, 5) is 2.23. The SMILES string of the molecule is COc1ccc(/C=N/NS(=O)(=O)c2ccc(Br)cc2)c(Cl)c1OC. The first kappa shape index (κ1) is 18.6. The van der Waals surface area contributed by atoms with Crippen LogP contribution in [0.1, 0.15) is 5.56 Å². The van der Waals surface area contributed by atoms with Crippen LogP contribution in [0.15, 0.2) is 50.9 Å². The molecule has 6 nitrogen and oxygen atoms in total. The molecule has 0 saturated carbocycles. The van der Waals surface area contributed by atoms with Gasteiger partial charge in [-0.3, -0.25) is 0 Å². The maximum absolute atomic E-state index is 12.1. The van der Waals surface area contributed by atoms with Crippen molar-refractivity contribution in [3.05, 3.63) is 51.5 Å². The topological polar surface area (TPSA) is 77.0 Å². The van der Waals surface area contributed by atoms with E-state index in [9.17, 15) is 8.42 Å². The Kier molecular flexibility index (Phi) is 6.09. The molecule has 1 N–H and O–H groups in total. The lowest BCUT2D eigenvalue weighted by Crippen LogP contribution is -2.18. The highest BCUT2D eigenvalue weighted by Crippen LogP contribution is 2.36. The second-order valence-electron chi connectivity index (χ2n) is 4.51. The number of nitrogens with zero attached hydrogens (tertiary/aromatic N) is 1. The van der Waals surface area contributed by atoms with Crippen LogP contribution in [0.5, 0.6) is 11.5 Å². The zero-order chi connectivity index (χ0) is 17.7. The summed E-state index contributed by atoms with van der Waals surface area (Å²) >= 11 is 9.45. The number of hydrazone groups is 1. The number of nitrogens with one attached hydrogen (secondary N) is 1. The molecule has 0 fully saturated rings. The molecule has 0 aliphatic carbocycles. The molecule has 24 heavy (non-hydrogen) atoms. The summed E-state index contributed by atoms with van der Waals surface area (Å²) in [5.74, 6) is 0.814. The number of rotatable bonds is 6. The van der Waals surface area contributed by atoms with Crippen molar-refractivity contribution in [1.29, 1.82) is 0 Å². The molecule has 0 atom stereocenters. The summed E-state index contributed by atoms with van der Waals surface area (Å²) in [7, 11) is -0.803. The Bertz CT molecular complexity index is 855. The first-order valence-corrected chi connectivity index (χ1v) is 9.25. The van der Waals surface area contributed by atoms with Gasteiger partial charge in [0.1, 0.15) is 0 Å². The minimum absolute atomic E-state index is 0.0984. The molecule has 2 rings (SSSR count). The second-order valence-corrected chi connectivity index (χ2v) is 7.47. The zero-order valence-corrected chi connectivity index (χ0v) is 15.9. The smallest absolute Gasteiger partial charge is 0.276 e. The van der Waals surface area contributed by atoms with E-state index in [0.717, 1.165) is 4.47 Å². The largest absolute Gasteiger partial charge is 0.493 e. The molecule has 0 aromatic heterocycles. The van der Waals surface area contributed by atoms with Crippen molar-refractivity contribution in [2.24, 2.45) is 5.10 Å². The van der Waals surface area contributed by atoms with Crippen molar-refractivity contribution >= 4 is 43.8 Å². The van der Waals surface area contributed by atoms with Crippen LogP contribution in [-0.4, -0.2) is 28.9 Å². The van der Waals surface area contributed by atoms with Crippen LogP contribution in [0, 0.1) is 0 Å². The number of sulfonamides is 1. The first-order valence-electron chi connectivity index (χ1n) is 6.60. The third-order valence-electron chi connectivity index (χ3n) is 3.02. The molecular formula is C15H14BrClN2O4S. The summed E-state index contributed by atoms with van der Waals surface area (Å²) in [6.07, 6.45) is 1.29. The molecule has 0 bridgehead atoms. The summed E-state index contributed by atoms with van der Waals surface area (Å²) in [5, 5.41) is 4.02. The lowest BCUT2D eigenvalue weighted by molar-refractivity contribution is 0.355. The number of benzene rings is 2. The summed E-state index contributed by atoms with van der Waals surface area (Å²) in [5.41, 5.74) is 0.479. The molecule has 0 spiro atoms. The first-order chi connectivity index (χ1) is 11.4. The van der Waals surface area contributed by atoms with Crippen molar-refractivity contribution in [3.8, 4) is 11.5 Å². The Morgan fingerprint density at radius 2 is 1.79 bits per heavy atom. The van der Waals surface area contributed by atoms with Crippen molar-refractivity contribution in [2.75, 3.05) is 14.2 Å². The minimum atomic E-state index is -3.76. The monoisotopic (exact) mass is 432 g/mol. The van der Waals surface area contributed by atoms with Crippen LogP contribution in [0.2, 0.25) is 5.02 Å². The number of halogens is 2. The van der Waals surface area contributed by atoms with Crippen LogP contribution in [0.25, 0.3) is 0 Å². The Balaban J connectivity index is 2.21. The van der Waals surface area contributed by atoms with Gasteiger partial charge in [-0.15, -0.1) is 0 Å². The molecule has 0 saturated heterocycles. The second kappa shape index (κ2) is 7.87. The predicted octanol–water partition coefficient (Wildman–Crippen LogP) is 3.43. The van der Waals surface area contributed by atoms with Crippen LogP contribution in [0.3, 0.4) is 0 Å². The number of hydrogen-bond acceptors (Lipinski definition) is 5. The van der Waals surface area contributed by atoms with Gasteiger partial charge in [0.25, 0.3) is 10.0 Å². The van der Waals surface area contributed by atoms with Gasteiger partial charge >= 0.3 is 0 Å². The van der Waals surface area contributed by atoms with Crippen molar-refractivity contribution < 1.29 is 17.9 Å². The van der Waals surface area contributed by atoms with E-state index in [1.54, 1.807) is 24.3 Å². The van der Waals surface area contributed by atoms with E-state index in [-0.39, 0.29) is 9.92 Å². The fraction of sp³-hybridized carbons (Fsp3) is 0.133. The number of methoxy groups -OCH3 is 2. The zero-order valence-electron chi connectivity index (χ0n) is 12.8. The lowest BCUT2D eigenvalue weighted by Gasteiger charge is -2.10. The predicted molar refractivity (Wildman–Crippen MR) is 96.6 cm³/mol. The highest BCUT2D eigenvalue weighted by atomic mass is 79.9. The van der Waals surface area contributed by atoms with E-state index in [1.807, 2.05) is 0 Å². The van der Waals surface area contributed by atoms with Crippen LogP contribution in [0.4, 0.5) is 0 Å². The summed E-state index contributed by atoms with van der Waals surface area (Å²) < 4.78 is 35.3. The third-order valence-corrected chi connectivity index (χ3v) is 5.17. The standard InChI is InChI=1S/C15H14BrClN2O4S/c1-22-13-8-3-10(14(17)15(13)23-2)9-18-19-24(20,21)12-6-4-11(16)5-7-12/h3-9,19H,1-2H3/b18-9+. The van der Waals surface area contributed by atoms with Gasteiger partial charge in [-0.25, -0.2) is 4.83 Å². The van der Waals surface area contributed by atoms with Gasteiger partial charge in [-0.05, 0) is 36.4 Å². The van der Waals surface area contributed by atoms with E-state index < -0.39 is 10.0 Å². The number of hydrogen-bond donors (Lipinski definition) is 1. The average molecular weight is 434 g/mol. The molecule has 0 aliphatic heterocycles. The van der Waals surface area contributed by atoms with Gasteiger partial charge in [0.05, 0.1) is 30.4 Å². The number of ether oxygens (including phenoxy) is 2. The molecule has 0 amide bonds. The fourth-order valence-electron chi connectivity index (χ4n) is 1.84. The van der Waals surface area contributed by atoms with Crippen LogP contribution >= 0.6 is 27.5 Å². The molecule has 0 unspecified atom stereocenters. The molecule has 2 aromatic rings. The van der Waals surface area contributed by atoms with Gasteiger partial charge in [0, 0.05) is 10.0 Å². The molecule has 0 aliphatic rings. The average Bonchev–Trinajstić information content (AvgIpc) is 2.56. The third kappa shape index (κ3) is 4.19. The van der Waals surface area contributed by atoms with Gasteiger partial charge in [0.2, 0.25) is 0 Å². The normalized spacial score (nSPS) is 11.5. The summed E-state index contributed by atoms with van der Waals surface area (Å²) in [6.45, 7) is 0. The van der Waals surface area contributed by atoms with Crippen molar-refractivity contribution in [3.63, 3.8) is 0 Å². The maximum atomic E-state index is 12.1. The minimum Gasteiger partial charge on any atom is -0.493 e. The molecule has 0 heterocycles. The quantitative estimate of drug-likeness (QED) is 0.559. The Morgan fingerprint density at radius 3 is 2.38 bits per heavy atom. The van der Waals surface area contributed by atoms with Gasteiger partial charge in [0.15, 0.2) is 11.5 Å². The van der Waals surface area contributed by atoms with E-state index in [1.165, 1.54) is 32.6 Å². The summed E-state index contributed by atoms with van der Waals surface area (Å²) in [6, 6.07) is 9.47. The highest BCUT2D eigenvalue weighted by molar-refractivity contribution is 9.10. The van der Waals surface area contributed by atoms with E-state index in [2.05, 4.69) is 25.9 Å². The molecule has 0 radical (unpaired) electrons. The Labute approximate surface area is 153 Å². The Hall–Kier alpha value is -1.77. The highest BCUT2D eigenvalue weighted by Gasteiger charge is 2.14. The van der Waals surface area contributed by atoms with E-state index in [0.29, 0.717) is 17.1 Å². The van der Waals surface area contributed by atoms with Crippen LogP contribution < -0.4 is 14.3 Å². The lowest BCUT2D eigenvalue weighted by atomic mass is 10.2. The fourth-order valence-corrected chi connectivity index (χ4v) is 3.17. The Morgan fingerprint density at radius 1 is 1.12 bits per heavy atom. The van der Waals surface area contributed by atoms with E-state index in [4.69, 9.17) is 21.1 Å². The van der Waals surface area contributed by atoms with Gasteiger partial charge in [-0.2, -0.15) is 13.5 Å². The van der Waals surface area contributed by atoms with Gasteiger partial charge in [-0.1, -0.05) is 27.5 Å².